The van der Waals surface area contributed by atoms with Gasteiger partial charge in [0, 0.05) is 5.02 Å². The SMILES string of the molecule is CC1CCNC(C(=O)OCc2cccc(Cl)c2)C1. The number of carbonyl (C=O) groups excluding carboxylic acids is 1. The summed E-state index contributed by atoms with van der Waals surface area (Å²) in [4.78, 5) is 11.9. The van der Waals surface area contributed by atoms with E-state index in [9.17, 15) is 4.79 Å². The van der Waals surface area contributed by atoms with Gasteiger partial charge in [-0.25, -0.2) is 0 Å². The maximum Gasteiger partial charge on any atom is 0.323 e. The molecule has 0 bridgehead atoms. The molecular formula is C14H18ClNO2. The third kappa shape index (κ3) is 3.72. The van der Waals surface area contributed by atoms with Crippen molar-refractivity contribution >= 4 is 17.6 Å². The van der Waals surface area contributed by atoms with Gasteiger partial charge in [-0.1, -0.05) is 30.7 Å². The van der Waals surface area contributed by atoms with Gasteiger partial charge < -0.3 is 10.1 Å². The molecule has 1 aliphatic rings. The van der Waals surface area contributed by atoms with Crippen molar-refractivity contribution in [3.63, 3.8) is 0 Å². The summed E-state index contributed by atoms with van der Waals surface area (Å²) in [6.45, 7) is 3.34. The lowest BCUT2D eigenvalue weighted by Gasteiger charge is -2.26. The van der Waals surface area contributed by atoms with Crippen LogP contribution in [0.1, 0.15) is 25.3 Å². The fourth-order valence-corrected chi connectivity index (χ4v) is 2.38. The van der Waals surface area contributed by atoms with Crippen molar-refractivity contribution in [1.82, 2.24) is 5.32 Å². The quantitative estimate of drug-likeness (QED) is 0.856. The summed E-state index contributed by atoms with van der Waals surface area (Å²) in [7, 11) is 0. The molecule has 98 valence electrons. The van der Waals surface area contributed by atoms with Crippen LogP contribution in [0.4, 0.5) is 0 Å². The van der Waals surface area contributed by atoms with Crippen LogP contribution in [0.2, 0.25) is 5.02 Å². The van der Waals surface area contributed by atoms with Gasteiger partial charge in [0.15, 0.2) is 0 Å². The van der Waals surface area contributed by atoms with Gasteiger partial charge in [0.05, 0.1) is 0 Å². The number of esters is 1. The first kappa shape index (κ1) is 13.4. The van der Waals surface area contributed by atoms with Crippen LogP contribution in [0.15, 0.2) is 24.3 Å². The Morgan fingerprint density at radius 3 is 3.11 bits per heavy atom. The lowest BCUT2D eigenvalue weighted by molar-refractivity contribution is -0.148. The molecule has 0 aliphatic carbocycles. The molecule has 2 atom stereocenters. The minimum Gasteiger partial charge on any atom is -0.460 e. The lowest BCUT2D eigenvalue weighted by atomic mass is 9.94. The molecule has 0 amide bonds. The third-order valence-electron chi connectivity index (χ3n) is 3.22. The van der Waals surface area contributed by atoms with Gasteiger partial charge in [-0.3, -0.25) is 4.79 Å². The smallest absolute Gasteiger partial charge is 0.323 e. The molecule has 1 aliphatic heterocycles. The molecule has 0 spiro atoms. The van der Waals surface area contributed by atoms with Crippen LogP contribution < -0.4 is 5.32 Å². The van der Waals surface area contributed by atoms with Gasteiger partial charge in [-0.2, -0.15) is 0 Å². The van der Waals surface area contributed by atoms with Crippen molar-refractivity contribution < 1.29 is 9.53 Å². The molecule has 2 unspecified atom stereocenters. The normalized spacial score (nSPS) is 23.7. The van der Waals surface area contributed by atoms with Crippen LogP contribution in [-0.4, -0.2) is 18.6 Å². The molecule has 2 rings (SSSR count). The van der Waals surface area contributed by atoms with E-state index in [-0.39, 0.29) is 18.6 Å². The zero-order valence-electron chi connectivity index (χ0n) is 10.5. The van der Waals surface area contributed by atoms with Crippen LogP contribution in [0, 0.1) is 5.92 Å². The second kappa shape index (κ2) is 6.21. The van der Waals surface area contributed by atoms with Crippen molar-refractivity contribution in [2.75, 3.05) is 6.54 Å². The first-order chi connectivity index (χ1) is 8.65. The molecule has 0 radical (unpaired) electrons. The van der Waals surface area contributed by atoms with Gasteiger partial charge in [0.2, 0.25) is 0 Å². The first-order valence-electron chi connectivity index (χ1n) is 6.29. The van der Waals surface area contributed by atoms with E-state index in [2.05, 4.69) is 12.2 Å². The molecular weight excluding hydrogens is 250 g/mol. The number of ether oxygens (including phenoxy) is 1. The van der Waals surface area contributed by atoms with E-state index < -0.39 is 0 Å². The highest BCUT2D eigenvalue weighted by Crippen LogP contribution is 2.17. The third-order valence-corrected chi connectivity index (χ3v) is 3.46. The Balaban J connectivity index is 1.84. The molecule has 18 heavy (non-hydrogen) atoms. The Morgan fingerprint density at radius 2 is 2.39 bits per heavy atom. The highest BCUT2D eigenvalue weighted by molar-refractivity contribution is 6.30. The standard InChI is InChI=1S/C14H18ClNO2/c1-10-5-6-16-13(7-10)14(17)18-9-11-3-2-4-12(15)8-11/h2-4,8,10,13,16H,5-7,9H2,1H3. The molecule has 0 aromatic heterocycles. The molecule has 4 heteroatoms. The monoisotopic (exact) mass is 267 g/mol. The van der Waals surface area contributed by atoms with Gasteiger partial charge in [-0.05, 0) is 43.0 Å². The minimum atomic E-state index is -0.165. The molecule has 0 saturated carbocycles. The van der Waals surface area contributed by atoms with Crippen molar-refractivity contribution in [2.45, 2.75) is 32.4 Å². The molecule has 1 fully saturated rings. The van der Waals surface area contributed by atoms with Crippen LogP contribution in [0.5, 0.6) is 0 Å². The van der Waals surface area contributed by atoms with Crippen molar-refractivity contribution in [3.8, 4) is 0 Å². The number of hydrogen-bond donors (Lipinski definition) is 1. The van der Waals surface area contributed by atoms with Gasteiger partial charge >= 0.3 is 5.97 Å². The number of nitrogens with one attached hydrogen (secondary N) is 1. The van der Waals surface area contributed by atoms with Crippen LogP contribution in [0.3, 0.4) is 0 Å². The summed E-state index contributed by atoms with van der Waals surface area (Å²) in [5.41, 5.74) is 0.916. The fraction of sp³-hybridized carbons (Fsp3) is 0.500. The maximum absolute atomic E-state index is 11.9. The summed E-state index contributed by atoms with van der Waals surface area (Å²) >= 11 is 5.88. The summed E-state index contributed by atoms with van der Waals surface area (Å²) < 4.78 is 5.31. The van der Waals surface area contributed by atoms with Crippen molar-refractivity contribution in [1.29, 1.82) is 0 Å². The predicted octanol–water partition coefficient (Wildman–Crippen LogP) is 2.77. The second-order valence-electron chi connectivity index (χ2n) is 4.87. The predicted molar refractivity (Wildman–Crippen MR) is 71.4 cm³/mol. The Bertz CT molecular complexity index is 422. The van der Waals surface area contributed by atoms with Crippen molar-refractivity contribution in [2.24, 2.45) is 5.92 Å². The second-order valence-corrected chi connectivity index (χ2v) is 5.31. The summed E-state index contributed by atoms with van der Waals surface area (Å²) in [5, 5.41) is 3.86. The highest BCUT2D eigenvalue weighted by Gasteiger charge is 2.25. The molecule has 1 N–H and O–H groups in total. The molecule has 1 aromatic carbocycles. The first-order valence-corrected chi connectivity index (χ1v) is 6.67. The van der Waals surface area contributed by atoms with E-state index in [0.29, 0.717) is 10.9 Å². The number of hydrogen-bond acceptors (Lipinski definition) is 3. The summed E-state index contributed by atoms with van der Waals surface area (Å²) in [5.74, 6) is 0.413. The van der Waals surface area contributed by atoms with E-state index in [1.54, 1.807) is 6.07 Å². The van der Waals surface area contributed by atoms with Gasteiger partial charge in [0.25, 0.3) is 0 Å². The van der Waals surface area contributed by atoms with E-state index >= 15 is 0 Å². The number of carbonyl (C=O) groups is 1. The number of rotatable bonds is 3. The molecule has 1 heterocycles. The van der Waals surface area contributed by atoms with Gasteiger partial charge in [-0.15, -0.1) is 0 Å². The molecule has 1 saturated heterocycles. The molecule has 1 aromatic rings. The summed E-state index contributed by atoms with van der Waals surface area (Å²) in [6, 6.07) is 7.21. The average Bonchev–Trinajstić information content (AvgIpc) is 2.36. The lowest BCUT2D eigenvalue weighted by Crippen LogP contribution is -2.43. The maximum atomic E-state index is 11.9. The van der Waals surface area contributed by atoms with Crippen LogP contribution in [-0.2, 0) is 16.1 Å². The zero-order valence-corrected chi connectivity index (χ0v) is 11.2. The van der Waals surface area contributed by atoms with E-state index in [1.165, 1.54) is 0 Å². The highest BCUT2D eigenvalue weighted by atomic mass is 35.5. The number of halogens is 1. The van der Waals surface area contributed by atoms with E-state index in [4.69, 9.17) is 16.3 Å². The van der Waals surface area contributed by atoms with Crippen molar-refractivity contribution in [3.05, 3.63) is 34.9 Å². The Morgan fingerprint density at radius 1 is 1.56 bits per heavy atom. The fourth-order valence-electron chi connectivity index (χ4n) is 2.17. The average molecular weight is 268 g/mol. The summed E-state index contributed by atoms with van der Waals surface area (Å²) in [6.07, 6.45) is 1.98. The minimum absolute atomic E-state index is 0.159. The zero-order chi connectivity index (χ0) is 13.0. The van der Waals surface area contributed by atoms with Crippen LogP contribution in [0.25, 0.3) is 0 Å². The van der Waals surface area contributed by atoms with Crippen LogP contribution >= 0.6 is 11.6 Å². The topological polar surface area (TPSA) is 38.3 Å². The Kier molecular flexibility index (Phi) is 4.61. The Labute approximate surface area is 112 Å². The largest absolute Gasteiger partial charge is 0.460 e. The number of benzene rings is 1. The van der Waals surface area contributed by atoms with E-state index in [1.807, 2.05) is 18.2 Å². The number of piperidine rings is 1. The van der Waals surface area contributed by atoms with Gasteiger partial charge in [0.1, 0.15) is 12.6 Å². The Hall–Kier alpha value is -1.06. The molecule has 3 nitrogen and oxygen atoms in total. The van der Waals surface area contributed by atoms with E-state index in [0.717, 1.165) is 24.9 Å².